The lowest BCUT2D eigenvalue weighted by molar-refractivity contribution is -0.137. The Bertz CT molecular complexity index is 513. The van der Waals surface area contributed by atoms with Gasteiger partial charge in [-0.25, -0.2) is 4.79 Å². The smallest absolute Gasteiger partial charge is 0.325 e. The fraction of sp³-hybridized carbons (Fsp3) is 0.222. The second-order valence-electron chi connectivity index (χ2n) is 2.90. The van der Waals surface area contributed by atoms with Crippen molar-refractivity contribution in [2.24, 2.45) is 0 Å². The van der Waals surface area contributed by atoms with E-state index in [0.29, 0.717) is 0 Å². The number of aromatic amines is 2. The molecule has 0 aliphatic carbocycles. The van der Waals surface area contributed by atoms with Crippen LogP contribution in [-0.4, -0.2) is 27.7 Å². The maximum absolute atomic E-state index is 11.2. The quantitative estimate of drug-likeness (QED) is 0.587. The van der Waals surface area contributed by atoms with Crippen LogP contribution in [0.1, 0.15) is 12.0 Å². The van der Waals surface area contributed by atoms with Crippen LogP contribution in [0.25, 0.3) is 5.76 Å². The number of carboxylic acids is 1. The van der Waals surface area contributed by atoms with E-state index in [1.54, 1.807) is 0 Å². The van der Waals surface area contributed by atoms with Crippen molar-refractivity contribution >= 4 is 11.7 Å². The van der Waals surface area contributed by atoms with Crippen molar-refractivity contribution in [3.63, 3.8) is 0 Å². The normalized spacial score (nSPS) is 9.75. The van der Waals surface area contributed by atoms with E-state index in [2.05, 4.69) is 11.6 Å². The topological polar surface area (TPSA) is 112 Å². The third-order valence-electron chi connectivity index (χ3n) is 1.71. The van der Waals surface area contributed by atoms with Gasteiger partial charge in [0.05, 0.1) is 18.6 Å². The Morgan fingerprint density at radius 1 is 1.50 bits per heavy atom. The van der Waals surface area contributed by atoms with Gasteiger partial charge in [0.2, 0.25) is 0 Å². The third-order valence-corrected chi connectivity index (χ3v) is 1.71. The summed E-state index contributed by atoms with van der Waals surface area (Å²) in [4.78, 5) is 36.4. The first-order valence-electron chi connectivity index (χ1n) is 4.36. The van der Waals surface area contributed by atoms with Crippen molar-refractivity contribution in [3.05, 3.63) is 39.2 Å². The predicted molar refractivity (Wildman–Crippen MR) is 54.9 cm³/mol. The average Bonchev–Trinajstić information content (AvgIpc) is 2.16. The SMILES string of the molecule is C=C(OCCC(=O)O)c1c[nH]c(=O)[nH]c1=O. The highest BCUT2D eigenvalue weighted by Gasteiger charge is 2.06. The Kier molecular flexibility index (Phi) is 3.65. The molecule has 0 saturated heterocycles. The van der Waals surface area contributed by atoms with Gasteiger partial charge in [0.25, 0.3) is 5.56 Å². The van der Waals surface area contributed by atoms with E-state index in [-0.39, 0.29) is 24.4 Å². The first kappa shape index (κ1) is 11.8. The molecule has 0 amide bonds. The van der Waals surface area contributed by atoms with Crippen LogP contribution in [0.3, 0.4) is 0 Å². The maximum Gasteiger partial charge on any atom is 0.325 e. The molecule has 0 unspecified atom stereocenters. The number of H-pyrrole nitrogens is 2. The Balaban J connectivity index is 2.70. The summed E-state index contributed by atoms with van der Waals surface area (Å²) in [6.07, 6.45) is 0.963. The number of rotatable bonds is 5. The van der Waals surface area contributed by atoms with Crippen molar-refractivity contribution in [2.45, 2.75) is 6.42 Å². The Morgan fingerprint density at radius 3 is 2.75 bits per heavy atom. The van der Waals surface area contributed by atoms with Gasteiger partial charge in [0.15, 0.2) is 0 Å². The molecule has 3 N–H and O–H groups in total. The molecule has 0 aliphatic heterocycles. The minimum absolute atomic E-state index is 0.0127. The van der Waals surface area contributed by atoms with Gasteiger partial charge in [-0.05, 0) is 0 Å². The van der Waals surface area contributed by atoms with E-state index in [4.69, 9.17) is 9.84 Å². The maximum atomic E-state index is 11.2. The molecule has 7 heteroatoms. The highest BCUT2D eigenvalue weighted by molar-refractivity contribution is 5.67. The zero-order valence-corrected chi connectivity index (χ0v) is 8.28. The molecule has 0 fully saturated rings. The number of ether oxygens (including phenoxy) is 1. The highest BCUT2D eigenvalue weighted by atomic mass is 16.5. The van der Waals surface area contributed by atoms with Crippen LogP contribution >= 0.6 is 0 Å². The number of hydrogen-bond acceptors (Lipinski definition) is 4. The van der Waals surface area contributed by atoms with Gasteiger partial charge in [0.1, 0.15) is 5.76 Å². The van der Waals surface area contributed by atoms with Crippen molar-refractivity contribution < 1.29 is 14.6 Å². The minimum atomic E-state index is -1.01. The van der Waals surface area contributed by atoms with Gasteiger partial charge in [-0.1, -0.05) is 6.58 Å². The van der Waals surface area contributed by atoms with Gasteiger partial charge in [-0.2, -0.15) is 0 Å². The molecule has 0 aliphatic rings. The minimum Gasteiger partial charge on any atom is -0.493 e. The molecular formula is C9H10N2O5. The van der Waals surface area contributed by atoms with Gasteiger partial charge >= 0.3 is 11.7 Å². The summed E-state index contributed by atoms with van der Waals surface area (Å²) in [6, 6.07) is 0. The van der Waals surface area contributed by atoms with Gasteiger partial charge in [0, 0.05) is 6.20 Å². The average molecular weight is 226 g/mol. The van der Waals surface area contributed by atoms with Crippen LogP contribution in [0.4, 0.5) is 0 Å². The number of carboxylic acid groups (broad SMARTS) is 1. The molecule has 86 valence electrons. The van der Waals surface area contributed by atoms with Gasteiger partial charge in [-0.15, -0.1) is 0 Å². The van der Waals surface area contributed by atoms with E-state index < -0.39 is 17.2 Å². The Morgan fingerprint density at radius 2 is 2.19 bits per heavy atom. The summed E-state index contributed by atoms with van der Waals surface area (Å²) < 4.78 is 4.94. The van der Waals surface area contributed by atoms with Crippen LogP contribution in [-0.2, 0) is 9.53 Å². The van der Waals surface area contributed by atoms with E-state index in [9.17, 15) is 14.4 Å². The standard InChI is InChI=1S/C9H10N2O5/c1-5(16-3-2-7(12)13)6-4-10-9(15)11-8(6)14/h4H,1-3H2,(H,12,13)(H2,10,11,14,15). The Hall–Kier alpha value is -2.31. The number of carbonyl (C=O) groups is 1. The number of hydrogen-bond donors (Lipinski definition) is 3. The molecule has 1 heterocycles. The van der Waals surface area contributed by atoms with Crippen LogP contribution in [0.5, 0.6) is 0 Å². The molecule has 0 bridgehead atoms. The fourth-order valence-electron chi connectivity index (χ4n) is 0.956. The lowest BCUT2D eigenvalue weighted by Gasteiger charge is -2.06. The molecule has 1 rings (SSSR count). The van der Waals surface area contributed by atoms with Crippen LogP contribution in [0.2, 0.25) is 0 Å². The van der Waals surface area contributed by atoms with Crippen molar-refractivity contribution in [3.8, 4) is 0 Å². The number of nitrogens with one attached hydrogen (secondary N) is 2. The molecule has 0 atom stereocenters. The van der Waals surface area contributed by atoms with Crippen molar-refractivity contribution in [1.29, 1.82) is 0 Å². The monoisotopic (exact) mass is 226 g/mol. The van der Waals surface area contributed by atoms with Crippen LogP contribution in [0.15, 0.2) is 22.4 Å². The van der Waals surface area contributed by atoms with E-state index in [1.165, 1.54) is 0 Å². The zero-order valence-electron chi connectivity index (χ0n) is 8.28. The first-order chi connectivity index (χ1) is 7.50. The molecule has 7 nitrogen and oxygen atoms in total. The number of aliphatic carboxylic acids is 1. The molecule has 0 saturated carbocycles. The second-order valence-corrected chi connectivity index (χ2v) is 2.90. The lowest BCUT2D eigenvalue weighted by Crippen LogP contribution is -2.24. The summed E-state index contributed by atoms with van der Waals surface area (Å²) >= 11 is 0. The molecule has 16 heavy (non-hydrogen) atoms. The van der Waals surface area contributed by atoms with Gasteiger partial charge < -0.3 is 14.8 Å². The molecule has 0 spiro atoms. The van der Waals surface area contributed by atoms with E-state index in [0.717, 1.165) is 6.20 Å². The number of aromatic nitrogens is 2. The van der Waals surface area contributed by atoms with Gasteiger partial charge in [-0.3, -0.25) is 14.6 Å². The molecular weight excluding hydrogens is 216 g/mol. The predicted octanol–water partition coefficient (Wildman–Crippen LogP) is -0.475. The van der Waals surface area contributed by atoms with E-state index >= 15 is 0 Å². The molecule has 1 aromatic heterocycles. The Labute approximate surface area is 89.4 Å². The first-order valence-corrected chi connectivity index (χ1v) is 4.36. The largest absolute Gasteiger partial charge is 0.493 e. The lowest BCUT2D eigenvalue weighted by atomic mass is 10.3. The zero-order chi connectivity index (χ0) is 12.1. The summed E-state index contributed by atoms with van der Waals surface area (Å²) in [5.41, 5.74) is -1.21. The summed E-state index contributed by atoms with van der Waals surface area (Å²) in [7, 11) is 0. The molecule has 0 radical (unpaired) electrons. The fourth-order valence-corrected chi connectivity index (χ4v) is 0.956. The highest BCUT2D eigenvalue weighted by Crippen LogP contribution is 2.06. The summed E-state index contributed by atoms with van der Waals surface area (Å²) in [5, 5.41) is 8.36. The molecule has 1 aromatic rings. The van der Waals surface area contributed by atoms with Crippen LogP contribution in [0, 0.1) is 0 Å². The van der Waals surface area contributed by atoms with E-state index in [1.807, 2.05) is 4.98 Å². The van der Waals surface area contributed by atoms with Crippen molar-refractivity contribution in [2.75, 3.05) is 6.61 Å². The second kappa shape index (κ2) is 4.96. The summed E-state index contributed by atoms with van der Waals surface area (Å²) in [6.45, 7) is 3.36. The third kappa shape index (κ3) is 3.12. The van der Waals surface area contributed by atoms with Crippen LogP contribution < -0.4 is 11.2 Å². The summed E-state index contributed by atoms with van der Waals surface area (Å²) in [5.74, 6) is -0.998. The van der Waals surface area contributed by atoms with Crippen molar-refractivity contribution in [1.82, 2.24) is 9.97 Å². The molecule has 0 aromatic carbocycles.